The molecule has 2 saturated heterocycles. The summed E-state index contributed by atoms with van der Waals surface area (Å²) in [5.41, 5.74) is 4.97. The number of rotatable bonds is 3. The van der Waals surface area contributed by atoms with Crippen molar-refractivity contribution in [3.63, 3.8) is 0 Å². The van der Waals surface area contributed by atoms with Gasteiger partial charge in [0.2, 0.25) is 5.91 Å². The second-order valence-electron chi connectivity index (χ2n) is 10.4. The van der Waals surface area contributed by atoms with E-state index in [9.17, 15) is 14.5 Å². The van der Waals surface area contributed by atoms with E-state index in [2.05, 4.69) is 49.2 Å². The number of piperidine rings is 2. The molecule has 2 fully saturated rings. The number of carbonyl (C=O) groups is 2. The van der Waals surface area contributed by atoms with Gasteiger partial charge in [-0.1, -0.05) is 27.5 Å². The van der Waals surface area contributed by atoms with E-state index in [1.54, 1.807) is 0 Å². The zero-order chi connectivity index (χ0) is 26.1. The number of hydrogen-bond acceptors (Lipinski definition) is 4. The number of benzene rings is 1. The second-order valence-corrected chi connectivity index (χ2v) is 12.6. The predicted molar refractivity (Wildman–Crippen MR) is 150 cm³/mol. The third kappa shape index (κ3) is 5.78. The van der Waals surface area contributed by atoms with Crippen LogP contribution in [0.5, 0.6) is 0 Å². The molecule has 1 aliphatic carbocycles. The summed E-state index contributed by atoms with van der Waals surface area (Å²) < 4.78 is 2.02. The molecule has 0 bridgehead atoms. The Labute approximate surface area is 238 Å². The molecule has 37 heavy (non-hydrogen) atoms. The van der Waals surface area contributed by atoms with Gasteiger partial charge < -0.3 is 9.80 Å². The number of fused-ring (bicyclic) bond motifs is 2. The number of pyridine rings is 1. The van der Waals surface area contributed by atoms with Crippen LogP contribution in [0.25, 0.3) is 0 Å². The van der Waals surface area contributed by atoms with Crippen molar-refractivity contribution in [1.29, 1.82) is 0 Å². The van der Waals surface area contributed by atoms with Crippen LogP contribution in [-0.4, -0.2) is 52.9 Å². The lowest BCUT2D eigenvalue weighted by Gasteiger charge is -2.38. The molecule has 10 heteroatoms. The summed E-state index contributed by atoms with van der Waals surface area (Å²) in [6.45, 7) is 2.46. The molecule has 5 rings (SSSR count). The van der Waals surface area contributed by atoms with Crippen molar-refractivity contribution in [1.82, 2.24) is 14.8 Å². The molecule has 1 aromatic carbocycles. The Balaban J connectivity index is 1.29. The molecule has 0 spiro atoms. The van der Waals surface area contributed by atoms with Gasteiger partial charge in [0, 0.05) is 63.9 Å². The fourth-order valence-electron chi connectivity index (χ4n) is 6.27. The van der Waals surface area contributed by atoms with Gasteiger partial charge in [0.05, 0.1) is 5.69 Å². The smallest absolute Gasteiger partial charge is 0.343 e. The summed E-state index contributed by atoms with van der Waals surface area (Å²) in [5.74, 6) is 0.951. The van der Waals surface area contributed by atoms with Gasteiger partial charge in [-0.15, -0.1) is 4.91 Å². The zero-order valence-electron chi connectivity index (χ0n) is 20.5. The second kappa shape index (κ2) is 11.5. The van der Waals surface area contributed by atoms with Gasteiger partial charge in [0.25, 0.3) is 0 Å². The number of hydrogen-bond donors (Lipinski definition) is 0. The molecule has 2 aromatic rings. The maximum atomic E-state index is 13.1. The van der Waals surface area contributed by atoms with E-state index >= 15 is 0 Å². The molecule has 196 valence electrons. The lowest BCUT2D eigenvalue weighted by atomic mass is 9.76. The Morgan fingerprint density at radius 2 is 1.65 bits per heavy atom. The summed E-state index contributed by atoms with van der Waals surface area (Å²) in [7, 11) is 0. The Bertz CT molecular complexity index is 1210. The minimum Gasteiger partial charge on any atom is -0.343 e. The maximum absolute atomic E-state index is 13.1. The molecule has 3 heterocycles. The molecule has 0 radical (unpaired) electrons. The van der Waals surface area contributed by atoms with Crippen LogP contribution >= 0.6 is 43.5 Å². The van der Waals surface area contributed by atoms with Crippen LogP contribution < -0.4 is 0 Å². The highest BCUT2D eigenvalue weighted by Crippen LogP contribution is 2.46. The van der Waals surface area contributed by atoms with E-state index in [0.29, 0.717) is 25.4 Å². The highest BCUT2D eigenvalue weighted by atomic mass is 79.9. The van der Waals surface area contributed by atoms with Crippen molar-refractivity contribution in [2.24, 2.45) is 17.0 Å². The van der Waals surface area contributed by atoms with E-state index in [4.69, 9.17) is 16.6 Å². The average Bonchev–Trinajstić information content (AvgIpc) is 3.05. The number of aryl methyl sites for hydroxylation is 2. The molecule has 0 unspecified atom stereocenters. The first kappa shape index (κ1) is 26.8. The van der Waals surface area contributed by atoms with Gasteiger partial charge in [0.15, 0.2) is 0 Å². The van der Waals surface area contributed by atoms with Crippen molar-refractivity contribution in [3.8, 4) is 0 Å². The van der Waals surface area contributed by atoms with Crippen LogP contribution in [0.1, 0.15) is 60.4 Å². The number of likely N-dealkylation sites (tertiary alicyclic amines) is 2. The Morgan fingerprint density at radius 3 is 2.35 bits per heavy atom. The van der Waals surface area contributed by atoms with Crippen molar-refractivity contribution >= 4 is 55.4 Å². The van der Waals surface area contributed by atoms with Crippen molar-refractivity contribution in [2.45, 2.75) is 50.9 Å². The summed E-state index contributed by atoms with van der Waals surface area (Å²) in [6, 6.07) is 5.57. The molecule has 3 aliphatic rings. The molecule has 2 aliphatic heterocycles. The number of nitroso groups, excluding NO2 is 1. The van der Waals surface area contributed by atoms with Gasteiger partial charge in [-0.05, 0) is 101 Å². The van der Waals surface area contributed by atoms with Crippen LogP contribution in [-0.2, 0) is 17.6 Å². The summed E-state index contributed by atoms with van der Waals surface area (Å²) in [6.07, 6.45) is 7.52. The number of amides is 3. The highest BCUT2D eigenvalue weighted by molar-refractivity contribution is 9.10. The van der Waals surface area contributed by atoms with Crippen LogP contribution in [0.15, 0.2) is 38.5 Å². The molecule has 1 atom stereocenters. The standard InChI is InChI=1S/C27H29Br2ClN4O3/c28-20-12-19-2-1-18-13-21(30)14-22(29)24(18)25(26(19)31-15-20)17-5-9-33(10-6-17)23(35)11-16-3-7-34(8-4-16)27(36)32-37/h12-17,25H,1-11H2/t25-/m1/s1. The largest absolute Gasteiger partial charge is 0.381 e. The number of nitrogens with zero attached hydrogens (tertiary/aromatic N) is 4. The third-order valence-corrected chi connectivity index (χ3v) is 9.52. The fourth-order valence-corrected chi connectivity index (χ4v) is 7.77. The fraction of sp³-hybridized carbons (Fsp3) is 0.519. The SMILES string of the molecule is O=NC(=O)N1CCC(CC(=O)N2CCC([C@H]3c4ncc(Br)cc4CCc4cc(Cl)cc(Br)c43)CC2)CC1. The monoisotopic (exact) mass is 650 g/mol. The van der Waals surface area contributed by atoms with E-state index in [1.165, 1.54) is 21.6 Å². The van der Waals surface area contributed by atoms with Crippen LogP contribution in [0.2, 0.25) is 5.02 Å². The van der Waals surface area contributed by atoms with E-state index in [-0.39, 0.29) is 17.7 Å². The Morgan fingerprint density at radius 1 is 0.973 bits per heavy atom. The molecule has 1 aromatic heterocycles. The van der Waals surface area contributed by atoms with Gasteiger partial charge >= 0.3 is 6.03 Å². The first-order chi connectivity index (χ1) is 17.8. The van der Waals surface area contributed by atoms with Gasteiger partial charge in [-0.2, -0.15) is 0 Å². The lowest BCUT2D eigenvalue weighted by Crippen LogP contribution is -2.42. The summed E-state index contributed by atoms with van der Waals surface area (Å²) in [5, 5.41) is 3.25. The predicted octanol–water partition coefficient (Wildman–Crippen LogP) is 6.72. The third-order valence-electron chi connectivity index (χ3n) is 8.21. The normalized spacial score (nSPS) is 20.7. The minimum absolute atomic E-state index is 0.151. The average molecular weight is 653 g/mol. The van der Waals surface area contributed by atoms with E-state index in [0.717, 1.165) is 71.3 Å². The first-order valence-electron chi connectivity index (χ1n) is 12.9. The number of carbonyl (C=O) groups excluding carboxylic acids is 2. The van der Waals surface area contributed by atoms with Gasteiger partial charge in [0.1, 0.15) is 0 Å². The van der Waals surface area contributed by atoms with Crippen LogP contribution in [0, 0.1) is 16.7 Å². The van der Waals surface area contributed by atoms with Crippen LogP contribution in [0.4, 0.5) is 4.79 Å². The van der Waals surface area contributed by atoms with Crippen molar-refractivity contribution in [2.75, 3.05) is 26.2 Å². The number of urea groups is 1. The first-order valence-corrected chi connectivity index (χ1v) is 14.8. The molecule has 0 N–H and O–H groups in total. The van der Waals surface area contributed by atoms with E-state index < -0.39 is 6.03 Å². The summed E-state index contributed by atoms with van der Waals surface area (Å²) in [4.78, 5) is 43.5. The number of halogens is 3. The molecular weight excluding hydrogens is 624 g/mol. The molecule has 3 amide bonds. The lowest BCUT2D eigenvalue weighted by molar-refractivity contribution is -0.134. The molecule has 7 nitrogen and oxygen atoms in total. The van der Waals surface area contributed by atoms with Crippen molar-refractivity contribution in [3.05, 3.63) is 65.7 Å². The quantitative estimate of drug-likeness (QED) is 0.345. The zero-order valence-corrected chi connectivity index (χ0v) is 24.4. The molecular formula is C27H29Br2ClN4O3. The Hall–Kier alpha value is -1.84. The van der Waals surface area contributed by atoms with Crippen molar-refractivity contribution < 1.29 is 9.59 Å². The highest BCUT2D eigenvalue weighted by Gasteiger charge is 2.36. The van der Waals surface area contributed by atoms with Gasteiger partial charge in [-0.3, -0.25) is 9.78 Å². The molecule has 0 saturated carbocycles. The maximum Gasteiger partial charge on any atom is 0.381 e. The van der Waals surface area contributed by atoms with Gasteiger partial charge in [-0.25, -0.2) is 4.79 Å². The minimum atomic E-state index is -0.704. The van der Waals surface area contributed by atoms with Crippen LogP contribution in [0.3, 0.4) is 0 Å². The Kier molecular flexibility index (Phi) is 8.31. The summed E-state index contributed by atoms with van der Waals surface area (Å²) >= 11 is 13.8. The number of aromatic nitrogens is 1. The topological polar surface area (TPSA) is 82.9 Å². The van der Waals surface area contributed by atoms with E-state index in [1.807, 2.05) is 17.2 Å².